The van der Waals surface area contributed by atoms with Crippen molar-refractivity contribution in [1.82, 2.24) is 4.31 Å². The van der Waals surface area contributed by atoms with Crippen LogP contribution in [-0.4, -0.2) is 50.4 Å². The number of piperidine rings is 1. The van der Waals surface area contributed by atoms with Gasteiger partial charge in [-0.3, -0.25) is 4.79 Å². The zero-order chi connectivity index (χ0) is 20.9. The molecule has 1 fully saturated rings. The van der Waals surface area contributed by atoms with E-state index in [4.69, 9.17) is 25.8 Å². The Kier molecular flexibility index (Phi) is 4.68. The molecule has 2 aromatic carbocycles. The number of carbonyl (C=O) groups excluding carboxylic acids is 1. The SMILES string of the molecule is O=C1CC2(CCN(S(=O)(=O)c3ccc4c(c3)OCCO4)CC2)Oc2cc(Cl)ccc21. The van der Waals surface area contributed by atoms with Crippen molar-refractivity contribution in [2.75, 3.05) is 26.3 Å². The second-order valence-electron chi connectivity index (χ2n) is 7.74. The largest absolute Gasteiger partial charge is 0.486 e. The maximum atomic E-state index is 13.2. The summed E-state index contributed by atoms with van der Waals surface area (Å²) in [4.78, 5) is 12.8. The maximum absolute atomic E-state index is 13.2. The Bertz CT molecular complexity index is 1120. The minimum atomic E-state index is -3.70. The standard InChI is InChI=1S/C21H20ClNO6S/c22-14-1-3-16-17(24)13-21(29-19(16)11-14)5-7-23(8-6-21)30(25,26)15-2-4-18-20(12-15)28-10-9-27-18/h1-4,11-12H,5-10,13H2. The van der Waals surface area contributed by atoms with Gasteiger partial charge in [-0.05, 0) is 30.3 Å². The zero-order valence-electron chi connectivity index (χ0n) is 16.1. The van der Waals surface area contributed by atoms with Gasteiger partial charge in [0, 0.05) is 37.0 Å². The van der Waals surface area contributed by atoms with Crippen LogP contribution in [0.2, 0.25) is 5.02 Å². The number of nitrogens with zero attached hydrogens (tertiary/aromatic N) is 1. The molecule has 0 atom stereocenters. The highest BCUT2D eigenvalue weighted by molar-refractivity contribution is 7.89. The van der Waals surface area contributed by atoms with Gasteiger partial charge in [0.25, 0.3) is 0 Å². The molecule has 1 spiro atoms. The van der Waals surface area contributed by atoms with E-state index in [9.17, 15) is 13.2 Å². The van der Waals surface area contributed by atoms with E-state index in [1.54, 1.807) is 24.3 Å². The lowest BCUT2D eigenvalue weighted by Crippen LogP contribution is -2.52. The van der Waals surface area contributed by atoms with Gasteiger partial charge < -0.3 is 14.2 Å². The van der Waals surface area contributed by atoms with E-state index < -0.39 is 15.6 Å². The molecule has 3 aliphatic heterocycles. The van der Waals surface area contributed by atoms with Gasteiger partial charge in [-0.1, -0.05) is 11.6 Å². The summed E-state index contributed by atoms with van der Waals surface area (Å²) >= 11 is 6.06. The van der Waals surface area contributed by atoms with Crippen LogP contribution in [0.25, 0.3) is 0 Å². The number of rotatable bonds is 2. The summed E-state index contributed by atoms with van der Waals surface area (Å²) in [6.07, 6.45) is 1.09. The molecule has 1 saturated heterocycles. The summed E-state index contributed by atoms with van der Waals surface area (Å²) in [6, 6.07) is 9.65. The van der Waals surface area contributed by atoms with Crippen molar-refractivity contribution >= 4 is 27.4 Å². The Morgan fingerprint density at radius 2 is 1.67 bits per heavy atom. The molecular formula is C21H20ClNO6S. The van der Waals surface area contributed by atoms with E-state index in [-0.39, 0.29) is 30.2 Å². The van der Waals surface area contributed by atoms with Crippen LogP contribution in [0.1, 0.15) is 29.6 Å². The molecule has 0 aliphatic carbocycles. The predicted molar refractivity (Wildman–Crippen MR) is 109 cm³/mol. The van der Waals surface area contributed by atoms with E-state index in [2.05, 4.69) is 0 Å². The van der Waals surface area contributed by atoms with Crippen LogP contribution in [-0.2, 0) is 10.0 Å². The van der Waals surface area contributed by atoms with Crippen molar-refractivity contribution in [2.45, 2.75) is 29.8 Å². The predicted octanol–water partition coefficient (Wildman–Crippen LogP) is 3.30. The van der Waals surface area contributed by atoms with Gasteiger partial charge >= 0.3 is 0 Å². The fraction of sp³-hybridized carbons (Fsp3) is 0.381. The fourth-order valence-electron chi connectivity index (χ4n) is 4.21. The smallest absolute Gasteiger partial charge is 0.243 e. The summed E-state index contributed by atoms with van der Waals surface area (Å²) in [5.41, 5.74) is -0.176. The lowest BCUT2D eigenvalue weighted by Gasteiger charge is -2.43. The second kappa shape index (κ2) is 7.14. The Morgan fingerprint density at radius 3 is 2.43 bits per heavy atom. The van der Waals surface area contributed by atoms with Gasteiger partial charge in [-0.2, -0.15) is 4.31 Å². The first-order chi connectivity index (χ1) is 14.4. The van der Waals surface area contributed by atoms with Crippen molar-refractivity contribution in [3.63, 3.8) is 0 Å². The number of sulfonamides is 1. The van der Waals surface area contributed by atoms with E-state index >= 15 is 0 Å². The summed E-state index contributed by atoms with van der Waals surface area (Å²) in [6.45, 7) is 1.36. The van der Waals surface area contributed by atoms with Crippen LogP contribution >= 0.6 is 11.6 Å². The fourth-order valence-corrected chi connectivity index (χ4v) is 5.83. The van der Waals surface area contributed by atoms with Crippen molar-refractivity contribution < 1.29 is 27.4 Å². The minimum Gasteiger partial charge on any atom is -0.486 e. The summed E-state index contributed by atoms with van der Waals surface area (Å²) in [7, 11) is -3.70. The lowest BCUT2D eigenvalue weighted by atomic mass is 9.83. The minimum absolute atomic E-state index is 0.00365. The average Bonchev–Trinajstić information content (AvgIpc) is 2.73. The van der Waals surface area contributed by atoms with Crippen molar-refractivity contribution in [2.24, 2.45) is 0 Å². The van der Waals surface area contributed by atoms with Crippen molar-refractivity contribution in [3.05, 3.63) is 47.0 Å². The van der Waals surface area contributed by atoms with Gasteiger partial charge in [0.1, 0.15) is 24.6 Å². The molecule has 30 heavy (non-hydrogen) atoms. The Hall–Kier alpha value is -2.29. The molecule has 0 radical (unpaired) electrons. The molecule has 3 heterocycles. The molecule has 0 bridgehead atoms. The number of Topliss-reactive ketones (excluding diaryl/α,β-unsaturated/α-hetero) is 1. The summed E-state index contributed by atoms with van der Waals surface area (Å²) < 4.78 is 44.9. The lowest BCUT2D eigenvalue weighted by molar-refractivity contribution is 0.00592. The third-order valence-electron chi connectivity index (χ3n) is 5.84. The first-order valence-corrected chi connectivity index (χ1v) is 11.6. The third kappa shape index (κ3) is 3.33. The van der Waals surface area contributed by atoms with Gasteiger partial charge in [0.2, 0.25) is 10.0 Å². The van der Waals surface area contributed by atoms with E-state index in [1.807, 2.05) is 0 Å². The third-order valence-corrected chi connectivity index (χ3v) is 7.97. The number of halogens is 1. The monoisotopic (exact) mass is 449 g/mol. The zero-order valence-corrected chi connectivity index (χ0v) is 17.7. The highest BCUT2D eigenvalue weighted by Crippen LogP contribution is 2.41. The highest BCUT2D eigenvalue weighted by Gasteiger charge is 2.45. The molecule has 7 nitrogen and oxygen atoms in total. The van der Waals surface area contributed by atoms with Crippen molar-refractivity contribution in [1.29, 1.82) is 0 Å². The van der Waals surface area contributed by atoms with Gasteiger partial charge in [-0.25, -0.2) is 8.42 Å². The first kappa shape index (κ1) is 19.7. The van der Waals surface area contributed by atoms with Crippen LogP contribution in [0.15, 0.2) is 41.3 Å². The second-order valence-corrected chi connectivity index (χ2v) is 10.1. The normalized spacial score (nSPS) is 20.5. The van der Waals surface area contributed by atoms with Crippen LogP contribution in [0.4, 0.5) is 0 Å². The topological polar surface area (TPSA) is 82.1 Å². The number of fused-ring (bicyclic) bond motifs is 2. The number of ketones is 1. The molecule has 0 aromatic heterocycles. The molecule has 158 valence electrons. The summed E-state index contributed by atoms with van der Waals surface area (Å²) in [5.74, 6) is 1.45. The molecule has 0 saturated carbocycles. The number of hydrogen-bond acceptors (Lipinski definition) is 6. The number of hydrogen-bond donors (Lipinski definition) is 0. The van der Waals surface area contributed by atoms with Crippen molar-refractivity contribution in [3.8, 4) is 17.2 Å². The molecule has 2 aromatic rings. The molecule has 0 amide bonds. The molecule has 9 heteroatoms. The van der Waals surface area contributed by atoms with E-state index in [0.717, 1.165) is 0 Å². The quantitative estimate of drug-likeness (QED) is 0.699. The number of benzene rings is 2. The maximum Gasteiger partial charge on any atom is 0.243 e. The van der Waals surface area contributed by atoms with Gasteiger partial charge in [-0.15, -0.1) is 0 Å². The molecule has 0 unspecified atom stereocenters. The highest BCUT2D eigenvalue weighted by atomic mass is 35.5. The molecule has 3 aliphatic rings. The van der Waals surface area contributed by atoms with Gasteiger partial charge in [0.05, 0.1) is 16.9 Å². The van der Waals surface area contributed by atoms with Crippen LogP contribution in [0.5, 0.6) is 17.2 Å². The Balaban J connectivity index is 1.35. The number of ether oxygens (including phenoxy) is 3. The Morgan fingerprint density at radius 1 is 0.933 bits per heavy atom. The average molecular weight is 450 g/mol. The van der Waals surface area contributed by atoms with Crippen LogP contribution in [0, 0.1) is 0 Å². The molecule has 0 N–H and O–H groups in total. The van der Waals surface area contributed by atoms with Crippen LogP contribution in [0.3, 0.4) is 0 Å². The first-order valence-electron chi connectivity index (χ1n) is 9.78. The molecule has 5 rings (SSSR count). The molecular weight excluding hydrogens is 430 g/mol. The Labute approximate surface area is 179 Å². The number of carbonyl (C=O) groups is 1. The van der Waals surface area contributed by atoms with Gasteiger partial charge in [0.15, 0.2) is 17.3 Å². The van der Waals surface area contributed by atoms with Crippen LogP contribution < -0.4 is 14.2 Å². The summed E-state index contributed by atoms with van der Waals surface area (Å²) in [5, 5.41) is 0.497. The van der Waals surface area contributed by atoms with E-state index in [1.165, 1.54) is 16.4 Å². The van der Waals surface area contributed by atoms with E-state index in [0.29, 0.717) is 53.9 Å².